The molecular weight excluding hydrogens is 357 g/mol. The number of para-hydroxylation sites is 1. The maximum Gasteiger partial charge on any atom is 0.240 e. The van der Waals surface area contributed by atoms with Gasteiger partial charge in [-0.15, -0.1) is 0 Å². The predicted molar refractivity (Wildman–Crippen MR) is 70.8 cm³/mol. The molecule has 0 aliphatic rings. The molecule has 0 radical (unpaired) electrons. The van der Waals surface area contributed by atoms with Crippen LogP contribution >= 0.6 is 38.5 Å². The van der Waals surface area contributed by atoms with E-state index in [1.54, 1.807) is 0 Å². The highest BCUT2D eigenvalue weighted by atomic mass is 127. The van der Waals surface area contributed by atoms with E-state index in [4.69, 9.17) is 0 Å². The molecule has 0 bridgehead atoms. The van der Waals surface area contributed by atoms with Gasteiger partial charge >= 0.3 is 0 Å². The van der Waals surface area contributed by atoms with Gasteiger partial charge in [-0.2, -0.15) is 0 Å². The summed E-state index contributed by atoms with van der Waals surface area (Å²) >= 11 is 5.50. The number of benzene rings is 1. The Labute approximate surface area is 106 Å². The van der Waals surface area contributed by atoms with E-state index in [1.807, 2.05) is 38.1 Å². The van der Waals surface area contributed by atoms with Crippen LogP contribution in [0.25, 0.3) is 0 Å². The summed E-state index contributed by atoms with van der Waals surface area (Å²) in [5, 5.41) is 2.86. The SMILES string of the molecule is CC(C)(Br)C(=O)Nc1ccccc1I. The van der Waals surface area contributed by atoms with Crippen LogP contribution in [0.2, 0.25) is 0 Å². The van der Waals surface area contributed by atoms with Crippen LogP contribution in [0.1, 0.15) is 13.8 Å². The zero-order valence-corrected chi connectivity index (χ0v) is 11.7. The summed E-state index contributed by atoms with van der Waals surface area (Å²) in [6.07, 6.45) is 0. The minimum absolute atomic E-state index is 0.0402. The van der Waals surface area contributed by atoms with Crippen LogP contribution in [-0.4, -0.2) is 10.2 Å². The summed E-state index contributed by atoms with van der Waals surface area (Å²) in [5.74, 6) is -0.0402. The lowest BCUT2D eigenvalue weighted by Crippen LogP contribution is -2.31. The number of anilines is 1. The van der Waals surface area contributed by atoms with Crippen molar-refractivity contribution < 1.29 is 4.79 Å². The molecule has 1 rings (SSSR count). The number of carbonyl (C=O) groups excluding carboxylic acids is 1. The van der Waals surface area contributed by atoms with Crippen molar-refractivity contribution in [2.24, 2.45) is 0 Å². The van der Waals surface area contributed by atoms with E-state index in [0.717, 1.165) is 9.26 Å². The molecule has 0 aliphatic carbocycles. The van der Waals surface area contributed by atoms with Gasteiger partial charge in [0.05, 0.1) is 10.0 Å². The number of hydrogen-bond acceptors (Lipinski definition) is 1. The third kappa shape index (κ3) is 3.24. The number of amides is 1. The fourth-order valence-electron chi connectivity index (χ4n) is 0.834. The summed E-state index contributed by atoms with van der Waals surface area (Å²) in [4.78, 5) is 11.6. The lowest BCUT2D eigenvalue weighted by Gasteiger charge is -2.16. The van der Waals surface area contributed by atoms with Crippen LogP contribution < -0.4 is 5.32 Å². The average Bonchev–Trinajstić information content (AvgIpc) is 2.07. The molecular formula is C10H11BrINO. The predicted octanol–water partition coefficient (Wildman–Crippen LogP) is 3.40. The van der Waals surface area contributed by atoms with Crippen LogP contribution in [0.4, 0.5) is 5.69 Å². The molecule has 1 aromatic rings. The summed E-state index contributed by atoms with van der Waals surface area (Å²) in [6.45, 7) is 3.64. The van der Waals surface area contributed by atoms with Gasteiger partial charge in [0, 0.05) is 3.57 Å². The largest absolute Gasteiger partial charge is 0.324 e. The van der Waals surface area contributed by atoms with Gasteiger partial charge in [-0.05, 0) is 48.6 Å². The zero-order chi connectivity index (χ0) is 10.8. The monoisotopic (exact) mass is 367 g/mol. The Bertz CT molecular complexity index is 346. The standard InChI is InChI=1S/C10H11BrINO/c1-10(2,11)9(14)13-8-6-4-3-5-7(8)12/h3-6H,1-2H3,(H,13,14). The van der Waals surface area contributed by atoms with Gasteiger partial charge in [0.1, 0.15) is 0 Å². The Hall–Kier alpha value is -0.100. The molecule has 1 N–H and O–H groups in total. The molecule has 0 unspecified atom stereocenters. The lowest BCUT2D eigenvalue weighted by atomic mass is 10.2. The van der Waals surface area contributed by atoms with E-state index in [2.05, 4.69) is 43.8 Å². The molecule has 0 saturated heterocycles. The van der Waals surface area contributed by atoms with E-state index in [-0.39, 0.29) is 5.91 Å². The third-order valence-electron chi connectivity index (χ3n) is 1.66. The average molecular weight is 368 g/mol. The molecule has 2 nitrogen and oxygen atoms in total. The van der Waals surface area contributed by atoms with Crippen molar-refractivity contribution in [2.45, 2.75) is 18.2 Å². The van der Waals surface area contributed by atoms with Crippen LogP contribution in [0, 0.1) is 3.57 Å². The summed E-state index contributed by atoms with van der Waals surface area (Å²) in [7, 11) is 0. The van der Waals surface area contributed by atoms with E-state index in [9.17, 15) is 4.79 Å². The number of rotatable bonds is 2. The number of halogens is 2. The van der Waals surface area contributed by atoms with Gasteiger partial charge < -0.3 is 5.32 Å². The molecule has 1 amide bonds. The molecule has 0 fully saturated rings. The fraction of sp³-hybridized carbons (Fsp3) is 0.300. The highest BCUT2D eigenvalue weighted by Crippen LogP contribution is 2.22. The van der Waals surface area contributed by atoms with Crippen LogP contribution in [-0.2, 0) is 4.79 Å². The summed E-state index contributed by atoms with van der Waals surface area (Å²) in [6, 6.07) is 7.69. The van der Waals surface area contributed by atoms with Crippen molar-refractivity contribution >= 4 is 50.1 Å². The number of nitrogens with one attached hydrogen (secondary N) is 1. The first kappa shape index (κ1) is 12.0. The maximum atomic E-state index is 11.6. The van der Waals surface area contributed by atoms with Gasteiger partial charge in [-0.1, -0.05) is 28.1 Å². The van der Waals surface area contributed by atoms with Crippen molar-refractivity contribution in [1.82, 2.24) is 0 Å². The molecule has 0 atom stereocenters. The quantitative estimate of drug-likeness (QED) is 0.630. The Morgan fingerprint density at radius 1 is 1.43 bits per heavy atom. The van der Waals surface area contributed by atoms with Crippen molar-refractivity contribution in [3.63, 3.8) is 0 Å². The van der Waals surface area contributed by atoms with Gasteiger partial charge in [0.25, 0.3) is 0 Å². The molecule has 1 aromatic carbocycles. The summed E-state index contributed by atoms with van der Waals surface area (Å²) < 4.78 is 0.501. The molecule has 76 valence electrons. The first-order chi connectivity index (χ1) is 6.41. The number of hydrogen-bond donors (Lipinski definition) is 1. The molecule has 0 spiro atoms. The second-order valence-corrected chi connectivity index (χ2v) is 6.55. The van der Waals surface area contributed by atoms with Gasteiger partial charge in [0.2, 0.25) is 5.91 Å². The highest BCUT2D eigenvalue weighted by Gasteiger charge is 2.23. The lowest BCUT2D eigenvalue weighted by molar-refractivity contribution is -0.117. The number of carbonyl (C=O) groups is 1. The minimum atomic E-state index is -0.536. The smallest absolute Gasteiger partial charge is 0.240 e. The molecule has 0 saturated carbocycles. The Morgan fingerprint density at radius 3 is 2.50 bits per heavy atom. The maximum absolute atomic E-state index is 11.6. The second-order valence-electron chi connectivity index (χ2n) is 3.41. The molecule has 0 aliphatic heterocycles. The highest BCUT2D eigenvalue weighted by molar-refractivity contribution is 14.1. The first-order valence-electron chi connectivity index (χ1n) is 4.16. The van der Waals surface area contributed by atoms with Gasteiger partial charge in [-0.3, -0.25) is 4.79 Å². The second kappa shape index (κ2) is 4.61. The van der Waals surface area contributed by atoms with Crippen molar-refractivity contribution in [3.8, 4) is 0 Å². The fourth-order valence-corrected chi connectivity index (χ4v) is 1.45. The van der Waals surface area contributed by atoms with Crippen molar-refractivity contribution in [3.05, 3.63) is 27.8 Å². The van der Waals surface area contributed by atoms with Crippen LogP contribution in [0.15, 0.2) is 24.3 Å². The van der Waals surface area contributed by atoms with E-state index >= 15 is 0 Å². The minimum Gasteiger partial charge on any atom is -0.324 e. The van der Waals surface area contributed by atoms with Gasteiger partial charge in [0.15, 0.2) is 0 Å². The van der Waals surface area contributed by atoms with Crippen LogP contribution in [0.5, 0.6) is 0 Å². The van der Waals surface area contributed by atoms with Crippen molar-refractivity contribution in [1.29, 1.82) is 0 Å². The third-order valence-corrected chi connectivity index (χ3v) is 2.96. The molecule has 4 heteroatoms. The first-order valence-corrected chi connectivity index (χ1v) is 6.03. The van der Waals surface area contributed by atoms with Crippen LogP contribution in [0.3, 0.4) is 0 Å². The van der Waals surface area contributed by atoms with Crippen molar-refractivity contribution in [2.75, 3.05) is 5.32 Å². The summed E-state index contributed by atoms with van der Waals surface area (Å²) in [5.41, 5.74) is 0.852. The normalized spacial score (nSPS) is 11.1. The molecule has 14 heavy (non-hydrogen) atoms. The molecule has 0 heterocycles. The molecule has 0 aromatic heterocycles. The number of alkyl halides is 1. The topological polar surface area (TPSA) is 29.1 Å². The van der Waals surface area contributed by atoms with E-state index in [1.165, 1.54) is 0 Å². The zero-order valence-electron chi connectivity index (χ0n) is 7.97. The van der Waals surface area contributed by atoms with E-state index < -0.39 is 4.32 Å². The Morgan fingerprint density at radius 2 is 2.00 bits per heavy atom. The Balaban J connectivity index is 2.80. The Kier molecular flexibility index (Phi) is 3.94. The van der Waals surface area contributed by atoms with Gasteiger partial charge in [-0.25, -0.2) is 0 Å². The van der Waals surface area contributed by atoms with E-state index in [0.29, 0.717) is 0 Å².